The molecule has 1 saturated heterocycles. The molecule has 98 valence electrons. The second kappa shape index (κ2) is 5.38. The quantitative estimate of drug-likeness (QED) is 0.498. The van der Waals surface area contributed by atoms with E-state index in [9.17, 15) is 0 Å². The SMILES string of the molecule is CN(C)C1CN(C(N)=Nc2ncnc(Cl)c2Br)C1. The molecule has 1 aliphatic rings. The highest BCUT2D eigenvalue weighted by Gasteiger charge is 2.29. The second-order valence-corrected chi connectivity index (χ2v) is 5.45. The van der Waals surface area contributed by atoms with Crippen LogP contribution in [0.15, 0.2) is 15.8 Å². The predicted molar refractivity (Wildman–Crippen MR) is 75.1 cm³/mol. The zero-order valence-electron chi connectivity index (χ0n) is 10.1. The number of aromatic nitrogens is 2. The van der Waals surface area contributed by atoms with Crippen LogP contribution in [0.3, 0.4) is 0 Å². The van der Waals surface area contributed by atoms with Crippen LogP contribution < -0.4 is 5.73 Å². The van der Waals surface area contributed by atoms with E-state index in [0.717, 1.165) is 13.1 Å². The number of nitrogens with two attached hydrogens (primary N) is 1. The van der Waals surface area contributed by atoms with Crippen LogP contribution in [-0.2, 0) is 0 Å². The first kappa shape index (κ1) is 13.5. The van der Waals surface area contributed by atoms with Crippen LogP contribution in [-0.4, -0.2) is 59.0 Å². The van der Waals surface area contributed by atoms with Gasteiger partial charge in [0.2, 0.25) is 0 Å². The molecule has 8 heteroatoms. The standard InChI is InChI=1S/C10H14BrClN6/c1-17(2)6-3-18(4-6)10(13)16-9-7(11)8(12)14-5-15-9/h5-6H,3-4H2,1-2H3,(H2,13,14,15,16). The minimum atomic E-state index is 0.325. The molecular weight excluding hydrogens is 320 g/mol. The Labute approximate surface area is 119 Å². The van der Waals surface area contributed by atoms with Gasteiger partial charge in [-0.15, -0.1) is 0 Å². The van der Waals surface area contributed by atoms with Gasteiger partial charge in [0.1, 0.15) is 11.5 Å². The van der Waals surface area contributed by atoms with Crippen molar-refractivity contribution in [1.82, 2.24) is 19.8 Å². The molecule has 0 aliphatic carbocycles. The summed E-state index contributed by atoms with van der Waals surface area (Å²) in [7, 11) is 4.10. The van der Waals surface area contributed by atoms with Gasteiger partial charge < -0.3 is 15.5 Å². The van der Waals surface area contributed by atoms with Gasteiger partial charge in [-0.2, -0.15) is 4.99 Å². The van der Waals surface area contributed by atoms with Gasteiger partial charge in [-0.05, 0) is 30.0 Å². The van der Waals surface area contributed by atoms with Crippen molar-refractivity contribution in [3.8, 4) is 0 Å². The van der Waals surface area contributed by atoms with Crippen LogP contribution in [0.25, 0.3) is 0 Å². The lowest BCUT2D eigenvalue weighted by Gasteiger charge is -2.43. The average molecular weight is 334 g/mol. The molecule has 0 atom stereocenters. The fourth-order valence-corrected chi connectivity index (χ4v) is 1.99. The number of nitrogens with zero attached hydrogens (tertiary/aromatic N) is 5. The zero-order chi connectivity index (χ0) is 13.3. The molecule has 0 unspecified atom stereocenters. The minimum absolute atomic E-state index is 0.325. The summed E-state index contributed by atoms with van der Waals surface area (Å²) in [5, 5.41) is 0.325. The molecule has 1 aliphatic heterocycles. The monoisotopic (exact) mass is 332 g/mol. The number of halogens is 2. The molecule has 2 rings (SSSR count). The largest absolute Gasteiger partial charge is 0.369 e. The molecule has 6 nitrogen and oxygen atoms in total. The third-order valence-electron chi connectivity index (χ3n) is 2.87. The molecule has 18 heavy (non-hydrogen) atoms. The van der Waals surface area contributed by atoms with Crippen LogP contribution in [0.1, 0.15) is 0 Å². The van der Waals surface area contributed by atoms with Gasteiger partial charge >= 0.3 is 0 Å². The summed E-state index contributed by atoms with van der Waals surface area (Å²) in [5.41, 5.74) is 5.93. The Bertz CT molecular complexity index is 471. The Morgan fingerprint density at radius 2 is 2.22 bits per heavy atom. The molecule has 0 spiro atoms. The third kappa shape index (κ3) is 2.73. The van der Waals surface area contributed by atoms with E-state index in [0.29, 0.717) is 27.4 Å². The lowest BCUT2D eigenvalue weighted by molar-refractivity contribution is 0.123. The number of aliphatic imine (C=N–C) groups is 1. The number of likely N-dealkylation sites (tertiary alicyclic amines) is 1. The van der Waals surface area contributed by atoms with Crippen LogP contribution in [0, 0.1) is 0 Å². The molecule has 0 saturated carbocycles. The van der Waals surface area contributed by atoms with E-state index in [2.05, 4.69) is 49.9 Å². The number of hydrogen-bond donors (Lipinski definition) is 1. The number of guanidine groups is 1. The van der Waals surface area contributed by atoms with E-state index in [1.54, 1.807) is 0 Å². The fourth-order valence-electron chi connectivity index (χ4n) is 1.57. The highest BCUT2D eigenvalue weighted by atomic mass is 79.9. The van der Waals surface area contributed by atoms with Gasteiger partial charge in [0.15, 0.2) is 11.8 Å². The molecule has 0 amide bonds. The molecule has 2 heterocycles. The Balaban J connectivity index is 2.08. The Morgan fingerprint density at radius 3 is 2.83 bits per heavy atom. The summed E-state index contributed by atoms with van der Waals surface area (Å²) in [6.07, 6.45) is 1.36. The average Bonchev–Trinajstić information content (AvgIpc) is 2.22. The summed E-state index contributed by atoms with van der Waals surface area (Å²) in [6, 6.07) is 0.524. The van der Waals surface area contributed by atoms with Gasteiger partial charge in [-0.1, -0.05) is 11.6 Å². The van der Waals surface area contributed by atoms with Gasteiger partial charge in [-0.25, -0.2) is 9.97 Å². The lowest BCUT2D eigenvalue weighted by Crippen LogP contribution is -2.61. The summed E-state index contributed by atoms with van der Waals surface area (Å²) in [6.45, 7) is 1.75. The van der Waals surface area contributed by atoms with Gasteiger partial charge in [0, 0.05) is 19.1 Å². The summed E-state index contributed by atoms with van der Waals surface area (Å²) in [4.78, 5) is 16.3. The minimum Gasteiger partial charge on any atom is -0.369 e. The summed E-state index contributed by atoms with van der Waals surface area (Å²) >= 11 is 9.15. The van der Waals surface area contributed by atoms with E-state index < -0.39 is 0 Å². The van der Waals surface area contributed by atoms with Crippen LogP contribution in [0.4, 0.5) is 5.82 Å². The van der Waals surface area contributed by atoms with Crippen molar-refractivity contribution in [1.29, 1.82) is 0 Å². The first-order chi connectivity index (χ1) is 8.49. The van der Waals surface area contributed by atoms with Crippen molar-refractivity contribution >= 4 is 39.3 Å². The van der Waals surface area contributed by atoms with Gasteiger partial charge in [0.05, 0.1) is 4.47 Å². The highest BCUT2D eigenvalue weighted by molar-refractivity contribution is 9.10. The topological polar surface area (TPSA) is 70.6 Å². The van der Waals surface area contributed by atoms with Crippen molar-refractivity contribution in [3.05, 3.63) is 16.0 Å². The molecule has 0 aromatic carbocycles. The molecule has 2 N–H and O–H groups in total. The summed E-state index contributed by atoms with van der Waals surface area (Å²) in [5.74, 6) is 0.893. The van der Waals surface area contributed by atoms with Crippen LogP contribution in [0.5, 0.6) is 0 Å². The van der Waals surface area contributed by atoms with Crippen molar-refractivity contribution in [3.63, 3.8) is 0 Å². The lowest BCUT2D eigenvalue weighted by atomic mass is 10.1. The molecular formula is C10H14BrClN6. The normalized spacial score (nSPS) is 17.2. The summed E-state index contributed by atoms with van der Waals surface area (Å²) < 4.78 is 0.555. The Hall–Kier alpha value is -0.920. The molecule has 0 radical (unpaired) electrons. The van der Waals surface area contributed by atoms with Gasteiger partial charge in [-0.3, -0.25) is 0 Å². The maximum absolute atomic E-state index is 5.93. The predicted octanol–water partition coefficient (Wildman–Crippen LogP) is 1.08. The van der Waals surface area contributed by atoms with Crippen molar-refractivity contribution in [2.75, 3.05) is 27.2 Å². The van der Waals surface area contributed by atoms with Crippen LogP contribution >= 0.6 is 27.5 Å². The van der Waals surface area contributed by atoms with Crippen molar-refractivity contribution in [2.24, 2.45) is 10.7 Å². The number of hydrogen-bond acceptors (Lipinski definition) is 4. The van der Waals surface area contributed by atoms with E-state index in [4.69, 9.17) is 17.3 Å². The Kier molecular flexibility index (Phi) is 4.04. The molecule has 1 aromatic rings. The van der Waals surface area contributed by atoms with E-state index in [1.165, 1.54) is 6.33 Å². The maximum Gasteiger partial charge on any atom is 0.198 e. The third-order valence-corrected chi connectivity index (χ3v) is 4.11. The Morgan fingerprint density at radius 1 is 1.56 bits per heavy atom. The number of likely N-dealkylation sites (N-methyl/N-ethyl adjacent to an activating group) is 1. The van der Waals surface area contributed by atoms with Gasteiger partial charge in [0.25, 0.3) is 0 Å². The van der Waals surface area contributed by atoms with Crippen molar-refractivity contribution in [2.45, 2.75) is 6.04 Å². The molecule has 1 aromatic heterocycles. The van der Waals surface area contributed by atoms with Crippen LogP contribution in [0.2, 0.25) is 5.15 Å². The smallest absolute Gasteiger partial charge is 0.198 e. The fraction of sp³-hybridized carbons (Fsp3) is 0.500. The van der Waals surface area contributed by atoms with E-state index in [-0.39, 0.29) is 0 Å². The second-order valence-electron chi connectivity index (χ2n) is 4.29. The van der Waals surface area contributed by atoms with E-state index in [1.807, 2.05) is 4.90 Å². The first-order valence-corrected chi connectivity index (χ1v) is 6.57. The highest BCUT2D eigenvalue weighted by Crippen LogP contribution is 2.28. The molecule has 1 fully saturated rings. The first-order valence-electron chi connectivity index (χ1n) is 5.40. The number of rotatable bonds is 2. The molecule has 0 bridgehead atoms. The van der Waals surface area contributed by atoms with E-state index >= 15 is 0 Å². The van der Waals surface area contributed by atoms with Crippen molar-refractivity contribution < 1.29 is 0 Å². The maximum atomic E-state index is 5.93. The zero-order valence-corrected chi connectivity index (χ0v) is 12.5.